The van der Waals surface area contributed by atoms with Crippen LogP contribution < -0.4 is 4.74 Å². The minimum absolute atomic E-state index is 0.148. The first-order chi connectivity index (χ1) is 7.77. The molecule has 0 N–H and O–H groups in total. The van der Waals surface area contributed by atoms with Gasteiger partial charge in [-0.25, -0.2) is 0 Å². The molecule has 0 atom stereocenters. The number of hydrogen-bond acceptors (Lipinski definition) is 4. The summed E-state index contributed by atoms with van der Waals surface area (Å²) in [6, 6.07) is 7.77. The summed E-state index contributed by atoms with van der Waals surface area (Å²) >= 11 is 1.60. The zero-order valence-corrected chi connectivity index (χ0v) is 10.4. The zero-order chi connectivity index (χ0) is 11.8. The Morgan fingerprint density at radius 3 is 2.81 bits per heavy atom. The van der Waals surface area contributed by atoms with Gasteiger partial charge >= 0.3 is 5.97 Å². The molecule has 0 saturated heterocycles. The van der Waals surface area contributed by atoms with Crippen LogP contribution in [0.4, 0.5) is 0 Å². The number of para-hydroxylation sites is 1. The molecule has 16 heavy (non-hydrogen) atoms. The van der Waals surface area contributed by atoms with E-state index in [1.807, 2.05) is 31.2 Å². The van der Waals surface area contributed by atoms with Crippen molar-refractivity contribution in [2.45, 2.75) is 18.2 Å². The first-order valence-electron chi connectivity index (χ1n) is 5.19. The number of carbonyl (C=O) groups is 1. The third-order valence-corrected chi connectivity index (χ3v) is 2.99. The topological polar surface area (TPSA) is 35.5 Å². The molecule has 0 aliphatic heterocycles. The average molecular weight is 240 g/mol. The Kier molecular flexibility index (Phi) is 5.78. The van der Waals surface area contributed by atoms with Crippen LogP contribution in [0, 0.1) is 0 Å². The van der Waals surface area contributed by atoms with E-state index in [2.05, 4.69) is 0 Å². The van der Waals surface area contributed by atoms with Crippen molar-refractivity contribution in [2.24, 2.45) is 0 Å². The van der Waals surface area contributed by atoms with Gasteiger partial charge in [-0.05, 0) is 19.1 Å². The van der Waals surface area contributed by atoms with Crippen LogP contribution >= 0.6 is 11.8 Å². The Bertz CT molecular complexity index is 339. The largest absolute Gasteiger partial charge is 0.496 e. The minimum Gasteiger partial charge on any atom is -0.496 e. The highest BCUT2D eigenvalue weighted by atomic mass is 32.2. The Labute approximate surface area is 100 Å². The molecule has 0 spiro atoms. The lowest BCUT2D eigenvalue weighted by molar-refractivity contribution is -0.142. The molecule has 0 amide bonds. The van der Waals surface area contributed by atoms with Gasteiger partial charge in [0.05, 0.1) is 20.1 Å². The van der Waals surface area contributed by atoms with Gasteiger partial charge in [0.25, 0.3) is 0 Å². The van der Waals surface area contributed by atoms with Gasteiger partial charge in [-0.1, -0.05) is 12.1 Å². The summed E-state index contributed by atoms with van der Waals surface area (Å²) in [7, 11) is 1.64. The summed E-state index contributed by atoms with van der Waals surface area (Å²) in [6.45, 7) is 2.25. The molecule has 0 heterocycles. The third kappa shape index (κ3) is 4.14. The molecule has 0 aliphatic carbocycles. The average Bonchev–Trinajstić information content (AvgIpc) is 2.30. The van der Waals surface area contributed by atoms with E-state index < -0.39 is 0 Å². The molecule has 1 aromatic carbocycles. The van der Waals surface area contributed by atoms with E-state index in [4.69, 9.17) is 9.47 Å². The first-order valence-corrected chi connectivity index (χ1v) is 6.18. The molecular weight excluding hydrogens is 224 g/mol. The fraction of sp³-hybridized carbons (Fsp3) is 0.417. The van der Waals surface area contributed by atoms with Crippen LogP contribution in [0.2, 0.25) is 0 Å². The second kappa shape index (κ2) is 7.17. The van der Waals surface area contributed by atoms with Crippen molar-refractivity contribution in [3.05, 3.63) is 24.3 Å². The third-order valence-electron chi connectivity index (χ3n) is 1.94. The number of hydrogen-bond donors (Lipinski definition) is 0. The van der Waals surface area contributed by atoms with Crippen LogP contribution in [-0.4, -0.2) is 25.4 Å². The normalized spacial score (nSPS) is 9.88. The SMILES string of the molecule is CCOC(=O)CCSc1ccccc1OC. The van der Waals surface area contributed by atoms with E-state index in [1.165, 1.54) is 0 Å². The second-order valence-electron chi connectivity index (χ2n) is 3.05. The van der Waals surface area contributed by atoms with Crippen molar-refractivity contribution in [2.75, 3.05) is 19.5 Å². The van der Waals surface area contributed by atoms with Gasteiger partial charge in [0.2, 0.25) is 0 Å². The molecule has 3 nitrogen and oxygen atoms in total. The molecule has 1 aromatic rings. The fourth-order valence-corrected chi connectivity index (χ4v) is 2.17. The second-order valence-corrected chi connectivity index (χ2v) is 4.19. The summed E-state index contributed by atoms with van der Waals surface area (Å²) in [5, 5.41) is 0. The lowest BCUT2D eigenvalue weighted by atomic mass is 10.3. The van der Waals surface area contributed by atoms with E-state index >= 15 is 0 Å². The minimum atomic E-state index is -0.148. The monoisotopic (exact) mass is 240 g/mol. The van der Waals surface area contributed by atoms with Gasteiger partial charge < -0.3 is 9.47 Å². The summed E-state index contributed by atoms with van der Waals surface area (Å²) in [4.78, 5) is 12.2. The summed E-state index contributed by atoms with van der Waals surface area (Å²) in [6.07, 6.45) is 0.427. The molecule has 0 radical (unpaired) electrons. The van der Waals surface area contributed by atoms with Crippen LogP contribution in [0.3, 0.4) is 0 Å². The maximum atomic E-state index is 11.1. The fourth-order valence-electron chi connectivity index (χ4n) is 1.22. The van der Waals surface area contributed by atoms with E-state index in [0.29, 0.717) is 18.8 Å². The molecule has 0 unspecified atom stereocenters. The predicted octanol–water partition coefficient (Wildman–Crippen LogP) is 2.74. The Morgan fingerprint density at radius 1 is 1.38 bits per heavy atom. The molecular formula is C12H16O3S. The van der Waals surface area contributed by atoms with Crippen molar-refractivity contribution in [3.63, 3.8) is 0 Å². The highest BCUT2D eigenvalue weighted by molar-refractivity contribution is 7.99. The van der Waals surface area contributed by atoms with Crippen molar-refractivity contribution in [1.82, 2.24) is 0 Å². The standard InChI is InChI=1S/C12H16O3S/c1-3-15-12(13)8-9-16-11-7-5-4-6-10(11)14-2/h4-7H,3,8-9H2,1-2H3. The van der Waals surface area contributed by atoms with Crippen molar-refractivity contribution in [1.29, 1.82) is 0 Å². The van der Waals surface area contributed by atoms with Gasteiger partial charge in [-0.3, -0.25) is 4.79 Å². The lowest BCUT2D eigenvalue weighted by Gasteiger charge is -2.07. The van der Waals surface area contributed by atoms with Gasteiger partial charge in [0, 0.05) is 10.6 Å². The van der Waals surface area contributed by atoms with E-state index in [-0.39, 0.29) is 5.97 Å². The van der Waals surface area contributed by atoms with Crippen molar-refractivity contribution in [3.8, 4) is 5.75 Å². The number of rotatable bonds is 6. The Morgan fingerprint density at radius 2 is 2.12 bits per heavy atom. The maximum Gasteiger partial charge on any atom is 0.306 e. The Hall–Kier alpha value is -1.16. The van der Waals surface area contributed by atoms with Gasteiger partial charge in [0.15, 0.2) is 0 Å². The molecule has 1 rings (SSSR count). The highest BCUT2D eigenvalue weighted by Crippen LogP contribution is 2.28. The predicted molar refractivity (Wildman–Crippen MR) is 65.0 cm³/mol. The molecule has 0 saturated carbocycles. The highest BCUT2D eigenvalue weighted by Gasteiger charge is 2.05. The smallest absolute Gasteiger partial charge is 0.306 e. The number of esters is 1. The van der Waals surface area contributed by atoms with Crippen LogP contribution in [-0.2, 0) is 9.53 Å². The molecule has 0 bridgehead atoms. The summed E-state index contributed by atoms with van der Waals surface area (Å²) in [5.74, 6) is 1.40. The number of methoxy groups -OCH3 is 1. The molecule has 88 valence electrons. The summed E-state index contributed by atoms with van der Waals surface area (Å²) < 4.78 is 10.1. The Balaban J connectivity index is 2.39. The molecule has 0 fully saturated rings. The van der Waals surface area contributed by atoms with Gasteiger partial charge in [-0.15, -0.1) is 11.8 Å². The van der Waals surface area contributed by atoms with Crippen LogP contribution in [0.1, 0.15) is 13.3 Å². The summed E-state index contributed by atoms with van der Waals surface area (Å²) in [5.41, 5.74) is 0. The zero-order valence-electron chi connectivity index (χ0n) is 9.56. The van der Waals surface area contributed by atoms with Gasteiger partial charge in [0.1, 0.15) is 5.75 Å². The maximum absolute atomic E-state index is 11.1. The number of carbonyl (C=O) groups excluding carboxylic acids is 1. The van der Waals surface area contributed by atoms with Crippen LogP contribution in [0.5, 0.6) is 5.75 Å². The van der Waals surface area contributed by atoms with Crippen LogP contribution in [0.15, 0.2) is 29.2 Å². The molecule has 0 aromatic heterocycles. The lowest BCUT2D eigenvalue weighted by Crippen LogP contribution is -2.04. The first kappa shape index (κ1) is 12.9. The van der Waals surface area contributed by atoms with Crippen LogP contribution in [0.25, 0.3) is 0 Å². The number of ether oxygens (including phenoxy) is 2. The van der Waals surface area contributed by atoms with E-state index in [1.54, 1.807) is 18.9 Å². The van der Waals surface area contributed by atoms with E-state index in [0.717, 1.165) is 10.6 Å². The van der Waals surface area contributed by atoms with Crippen molar-refractivity contribution >= 4 is 17.7 Å². The van der Waals surface area contributed by atoms with E-state index in [9.17, 15) is 4.79 Å². The van der Waals surface area contributed by atoms with Gasteiger partial charge in [-0.2, -0.15) is 0 Å². The number of thioether (sulfide) groups is 1. The van der Waals surface area contributed by atoms with Crippen molar-refractivity contribution < 1.29 is 14.3 Å². The molecule has 4 heteroatoms. The molecule has 0 aliphatic rings. The number of benzene rings is 1. The quantitative estimate of drug-likeness (QED) is 0.566.